The summed E-state index contributed by atoms with van der Waals surface area (Å²) in [6.07, 6.45) is 20.4. The SMILES string of the molecule is CCC1CCC(NC2CCCCCCCCCCC2)C1C. The lowest BCUT2D eigenvalue weighted by molar-refractivity contribution is 0.297. The third-order valence-electron chi connectivity index (χ3n) is 6.31. The van der Waals surface area contributed by atoms with Crippen LogP contribution in [0.3, 0.4) is 0 Å². The summed E-state index contributed by atoms with van der Waals surface area (Å²) >= 11 is 0. The van der Waals surface area contributed by atoms with Crippen molar-refractivity contribution in [1.29, 1.82) is 0 Å². The maximum absolute atomic E-state index is 4.08. The zero-order valence-corrected chi connectivity index (χ0v) is 14.7. The fourth-order valence-corrected chi connectivity index (χ4v) is 4.69. The average Bonchev–Trinajstić information content (AvgIpc) is 2.82. The summed E-state index contributed by atoms with van der Waals surface area (Å²) in [6, 6.07) is 1.63. The van der Waals surface area contributed by atoms with Gasteiger partial charge in [-0.1, -0.05) is 78.1 Å². The summed E-state index contributed by atoms with van der Waals surface area (Å²) in [7, 11) is 0. The lowest BCUT2D eigenvalue weighted by atomic mass is 9.92. The second-order valence-electron chi connectivity index (χ2n) is 7.83. The second kappa shape index (κ2) is 9.87. The maximum Gasteiger partial charge on any atom is 0.00980 e. The van der Waals surface area contributed by atoms with E-state index in [9.17, 15) is 0 Å². The van der Waals surface area contributed by atoms with Gasteiger partial charge in [0.1, 0.15) is 0 Å². The molecule has 2 saturated carbocycles. The highest BCUT2D eigenvalue weighted by Gasteiger charge is 2.32. The van der Waals surface area contributed by atoms with Crippen LogP contribution >= 0.6 is 0 Å². The molecule has 2 aliphatic carbocycles. The van der Waals surface area contributed by atoms with E-state index in [1.807, 2.05) is 0 Å². The van der Waals surface area contributed by atoms with Crippen LogP contribution in [0.15, 0.2) is 0 Å². The van der Waals surface area contributed by atoms with Crippen LogP contribution in [0.4, 0.5) is 0 Å². The van der Waals surface area contributed by atoms with Crippen molar-refractivity contribution in [3.63, 3.8) is 0 Å². The van der Waals surface area contributed by atoms with Crippen LogP contribution in [0, 0.1) is 11.8 Å². The first-order chi connectivity index (χ1) is 10.3. The highest BCUT2D eigenvalue weighted by Crippen LogP contribution is 2.34. The summed E-state index contributed by atoms with van der Waals surface area (Å²) in [5.41, 5.74) is 0. The third-order valence-corrected chi connectivity index (χ3v) is 6.31. The van der Waals surface area contributed by atoms with Crippen LogP contribution in [-0.2, 0) is 0 Å². The third kappa shape index (κ3) is 5.93. The molecule has 2 aliphatic rings. The van der Waals surface area contributed by atoms with Gasteiger partial charge in [0.15, 0.2) is 0 Å². The minimum Gasteiger partial charge on any atom is -0.311 e. The number of hydrogen-bond acceptors (Lipinski definition) is 1. The predicted molar refractivity (Wildman–Crippen MR) is 93.7 cm³/mol. The van der Waals surface area contributed by atoms with Crippen molar-refractivity contribution in [3.8, 4) is 0 Å². The second-order valence-corrected chi connectivity index (χ2v) is 7.83. The van der Waals surface area contributed by atoms with Crippen LogP contribution in [0.25, 0.3) is 0 Å². The summed E-state index contributed by atoms with van der Waals surface area (Å²) < 4.78 is 0. The Hall–Kier alpha value is -0.0400. The average molecular weight is 294 g/mol. The molecular weight excluding hydrogens is 254 g/mol. The van der Waals surface area contributed by atoms with Gasteiger partial charge in [-0.2, -0.15) is 0 Å². The smallest absolute Gasteiger partial charge is 0.00980 e. The van der Waals surface area contributed by atoms with Crippen LogP contribution in [0.2, 0.25) is 0 Å². The van der Waals surface area contributed by atoms with Gasteiger partial charge in [0.2, 0.25) is 0 Å². The number of hydrogen-bond donors (Lipinski definition) is 1. The van der Waals surface area contributed by atoms with Crippen LogP contribution in [-0.4, -0.2) is 12.1 Å². The fraction of sp³-hybridized carbons (Fsp3) is 1.00. The molecule has 0 amide bonds. The molecule has 3 unspecified atom stereocenters. The van der Waals surface area contributed by atoms with Crippen LogP contribution in [0.5, 0.6) is 0 Å². The van der Waals surface area contributed by atoms with E-state index < -0.39 is 0 Å². The highest BCUT2D eigenvalue weighted by atomic mass is 15.0. The Kier molecular flexibility index (Phi) is 8.14. The van der Waals surface area contributed by atoms with Gasteiger partial charge in [-0.3, -0.25) is 0 Å². The summed E-state index contributed by atoms with van der Waals surface area (Å²) in [5.74, 6) is 1.88. The molecule has 1 N–H and O–H groups in total. The van der Waals surface area contributed by atoms with E-state index in [2.05, 4.69) is 19.2 Å². The van der Waals surface area contributed by atoms with Crippen molar-refractivity contribution < 1.29 is 0 Å². The molecule has 3 atom stereocenters. The van der Waals surface area contributed by atoms with Gasteiger partial charge in [-0.25, -0.2) is 0 Å². The molecule has 21 heavy (non-hydrogen) atoms. The Labute approximate surface area is 133 Å². The highest BCUT2D eigenvalue weighted by molar-refractivity contribution is 4.88. The molecule has 1 heteroatoms. The minimum atomic E-state index is 0.812. The molecule has 0 bridgehead atoms. The number of rotatable bonds is 3. The lowest BCUT2D eigenvalue weighted by Gasteiger charge is -2.27. The molecule has 124 valence electrons. The maximum atomic E-state index is 4.08. The van der Waals surface area contributed by atoms with Gasteiger partial charge < -0.3 is 5.32 Å². The fourth-order valence-electron chi connectivity index (χ4n) is 4.69. The molecule has 1 nitrogen and oxygen atoms in total. The van der Waals surface area contributed by atoms with E-state index >= 15 is 0 Å². The van der Waals surface area contributed by atoms with Gasteiger partial charge in [-0.05, 0) is 37.5 Å². The minimum absolute atomic E-state index is 0.812. The standard InChI is InChI=1S/C20H39N/c1-3-18-15-16-20(17(18)2)21-19-13-11-9-7-5-4-6-8-10-12-14-19/h17-21H,3-16H2,1-2H3. The first-order valence-corrected chi connectivity index (χ1v) is 10.1. The van der Waals surface area contributed by atoms with E-state index in [1.54, 1.807) is 0 Å². The summed E-state index contributed by atoms with van der Waals surface area (Å²) in [6.45, 7) is 4.87. The van der Waals surface area contributed by atoms with Crippen molar-refractivity contribution in [2.75, 3.05) is 0 Å². The monoisotopic (exact) mass is 293 g/mol. The Balaban J connectivity index is 1.77. The van der Waals surface area contributed by atoms with Crippen molar-refractivity contribution in [2.45, 2.75) is 116 Å². The molecule has 2 rings (SSSR count). The van der Waals surface area contributed by atoms with Gasteiger partial charge in [0.25, 0.3) is 0 Å². The zero-order chi connectivity index (χ0) is 14.9. The van der Waals surface area contributed by atoms with E-state index in [0.717, 1.165) is 23.9 Å². The predicted octanol–water partition coefficient (Wildman–Crippen LogP) is 6.07. The van der Waals surface area contributed by atoms with Crippen molar-refractivity contribution in [1.82, 2.24) is 5.32 Å². The normalized spacial score (nSPS) is 34.3. The topological polar surface area (TPSA) is 12.0 Å². The van der Waals surface area contributed by atoms with Gasteiger partial charge in [-0.15, -0.1) is 0 Å². The van der Waals surface area contributed by atoms with Gasteiger partial charge in [0, 0.05) is 12.1 Å². The van der Waals surface area contributed by atoms with Gasteiger partial charge >= 0.3 is 0 Å². The molecule has 0 aromatic rings. The Bertz CT molecular complexity index is 251. The van der Waals surface area contributed by atoms with Crippen LogP contribution < -0.4 is 5.32 Å². The molecule has 0 aromatic carbocycles. The molecule has 2 fully saturated rings. The van der Waals surface area contributed by atoms with Crippen LogP contribution in [0.1, 0.15) is 104 Å². The van der Waals surface area contributed by atoms with E-state index in [-0.39, 0.29) is 0 Å². The molecule has 0 heterocycles. The van der Waals surface area contributed by atoms with Gasteiger partial charge in [0.05, 0.1) is 0 Å². The summed E-state index contributed by atoms with van der Waals surface area (Å²) in [4.78, 5) is 0. The Morgan fingerprint density at radius 3 is 1.71 bits per heavy atom. The first kappa shape index (κ1) is 17.3. The first-order valence-electron chi connectivity index (χ1n) is 10.1. The molecule has 0 spiro atoms. The van der Waals surface area contributed by atoms with Crippen molar-refractivity contribution in [3.05, 3.63) is 0 Å². The Morgan fingerprint density at radius 2 is 1.24 bits per heavy atom. The largest absolute Gasteiger partial charge is 0.311 e. The van der Waals surface area contributed by atoms with Crippen molar-refractivity contribution in [2.24, 2.45) is 11.8 Å². The number of nitrogens with one attached hydrogen (secondary N) is 1. The van der Waals surface area contributed by atoms with E-state index in [0.29, 0.717) is 0 Å². The molecule has 0 radical (unpaired) electrons. The van der Waals surface area contributed by atoms with E-state index in [1.165, 1.54) is 89.9 Å². The van der Waals surface area contributed by atoms with E-state index in [4.69, 9.17) is 0 Å². The molecule has 0 aromatic heterocycles. The molecule has 0 saturated heterocycles. The quantitative estimate of drug-likeness (QED) is 0.665. The molecular formula is C20H39N. The Morgan fingerprint density at radius 1 is 0.714 bits per heavy atom. The summed E-state index contributed by atoms with van der Waals surface area (Å²) in [5, 5.41) is 4.08. The lowest BCUT2D eigenvalue weighted by Crippen LogP contribution is -2.40. The zero-order valence-electron chi connectivity index (χ0n) is 14.7. The molecule has 0 aliphatic heterocycles. The van der Waals surface area contributed by atoms with Crippen molar-refractivity contribution >= 4 is 0 Å².